The lowest BCUT2D eigenvalue weighted by Crippen LogP contribution is -2.38. The first kappa shape index (κ1) is 15.2. The minimum absolute atomic E-state index is 0.811. The van der Waals surface area contributed by atoms with Crippen LogP contribution in [0.4, 0.5) is 11.5 Å². The molecule has 0 spiro atoms. The van der Waals surface area contributed by atoms with Crippen molar-refractivity contribution in [2.24, 2.45) is 5.92 Å². The zero-order valence-corrected chi connectivity index (χ0v) is 13.4. The van der Waals surface area contributed by atoms with E-state index in [1.807, 2.05) is 6.92 Å². The second-order valence-electron chi connectivity index (χ2n) is 6.24. The van der Waals surface area contributed by atoms with Crippen LogP contribution in [0.5, 0.6) is 0 Å². The fourth-order valence-electron chi connectivity index (χ4n) is 3.13. The van der Waals surface area contributed by atoms with Crippen molar-refractivity contribution in [2.75, 3.05) is 44.4 Å². The third-order valence-corrected chi connectivity index (χ3v) is 4.12. The highest BCUT2D eigenvalue weighted by Crippen LogP contribution is 2.30. The molecule has 0 unspecified atom stereocenters. The van der Waals surface area contributed by atoms with Crippen LogP contribution in [-0.4, -0.2) is 48.4 Å². The molecule has 0 amide bonds. The van der Waals surface area contributed by atoms with Crippen LogP contribution in [0.15, 0.2) is 0 Å². The molecule has 2 N–H and O–H groups in total. The van der Waals surface area contributed by atoms with Gasteiger partial charge < -0.3 is 15.5 Å². The Morgan fingerprint density at radius 2 is 1.95 bits per heavy atom. The minimum atomic E-state index is 0.811. The zero-order chi connectivity index (χ0) is 14.7. The van der Waals surface area contributed by atoms with Gasteiger partial charge in [-0.2, -0.15) is 5.10 Å². The van der Waals surface area contributed by atoms with Crippen LogP contribution in [0, 0.1) is 12.8 Å². The predicted molar refractivity (Wildman–Crippen MR) is 85.2 cm³/mol. The lowest BCUT2D eigenvalue weighted by atomic mass is 9.96. The SMILES string of the molecule is CCCn1nc(C)c(N)c1N1CCC(CN(C)C)CC1. The molecule has 0 aliphatic carbocycles. The van der Waals surface area contributed by atoms with Crippen LogP contribution in [0.3, 0.4) is 0 Å². The van der Waals surface area contributed by atoms with E-state index in [0.717, 1.165) is 49.2 Å². The van der Waals surface area contributed by atoms with Gasteiger partial charge in [-0.15, -0.1) is 0 Å². The number of aryl methyl sites for hydroxylation is 2. The number of nitrogens with zero attached hydrogens (tertiary/aromatic N) is 4. The maximum Gasteiger partial charge on any atom is 0.150 e. The first-order chi connectivity index (χ1) is 9.52. The van der Waals surface area contributed by atoms with Crippen molar-refractivity contribution < 1.29 is 0 Å². The van der Waals surface area contributed by atoms with Gasteiger partial charge in [0.05, 0.1) is 11.4 Å². The van der Waals surface area contributed by atoms with Crippen molar-refractivity contribution in [1.82, 2.24) is 14.7 Å². The van der Waals surface area contributed by atoms with Gasteiger partial charge in [0.25, 0.3) is 0 Å². The Labute approximate surface area is 122 Å². The number of piperidine rings is 1. The summed E-state index contributed by atoms with van der Waals surface area (Å²) in [4.78, 5) is 4.72. The van der Waals surface area contributed by atoms with Crippen LogP contribution in [0.2, 0.25) is 0 Å². The standard InChI is InChI=1S/C15H29N5/c1-5-8-20-15(14(16)12(2)17-20)19-9-6-13(7-10-19)11-18(3)4/h13H,5-11,16H2,1-4H3. The van der Waals surface area contributed by atoms with Gasteiger partial charge in [0.15, 0.2) is 5.82 Å². The average molecular weight is 279 g/mol. The smallest absolute Gasteiger partial charge is 0.150 e. The second-order valence-corrected chi connectivity index (χ2v) is 6.24. The second kappa shape index (κ2) is 6.48. The van der Waals surface area contributed by atoms with Crippen LogP contribution < -0.4 is 10.6 Å². The molecular weight excluding hydrogens is 250 g/mol. The van der Waals surface area contributed by atoms with Crippen molar-refractivity contribution in [3.63, 3.8) is 0 Å². The molecule has 0 saturated carbocycles. The van der Waals surface area contributed by atoms with Gasteiger partial charge in [-0.05, 0) is 46.2 Å². The number of nitrogens with two attached hydrogens (primary N) is 1. The van der Waals surface area contributed by atoms with E-state index in [9.17, 15) is 0 Å². The molecule has 0 radical (unpaired) electrons. The number of hydrogen-bond acceptors (Lipinski definition) is 4. The molecule has 5 nitrogen and oxygen atoms in total. The summed E-state index contributed by atoms with van der Waals surface area (Å²) in [6.45, 7) is 8.51. The van der Waals surface area contributed by atoms with Crippen molar-refractivity contribution in [3.05, 3.63) is 5.69 Å². The van der Waals surface area contributed by atoms with E-state index in [4.69, 9.17) is 5.73 Å². The van der Waals surface area contributed by atoms with E-state index < -0.39 is 0 Å². The quantitative estimate of drug-likeness (QED) is 0.895. The van der Waals surface area contributed by atoms with E-state index in [1.165, 1.54) is 19.4 Å². The molecule has 1 aromatic rings. The third kappa shape index (κ3) is 3.26. The summed E-state index contributed by atoms with van der Waals surface area (Å²) >= 11 is 0. The summed E-state index contributed by atoms with van der Waals surface area (Å²) in [6.07, 6.45) is 3.58. The van der Waals surface area contributed by atoms with Gasteiger partial charge in [0.2, 0.25) is 0 Å². The summed E-state index contributed by atoms with van der Waals surface area (Å²) in [6, 6.07) is 0. The summed E-state index contributed by atoms with van der Waals surface area (Å²) in [5.74, 6) is 1.96. The van der Waals surface area contributed by atoms with Gasteiger partial charge in [0, 0.05) is 26.2 Å². The van der Waals surface area contributed by atoms with E-state index in [1.54, 1.807) is 0 Å². The fraction of sp³-hybridized carbons (Fsp3) is 0.800. The van der Waals surface area contributed by atoms with Crippen molar-refractivity contribution in [3.8, 4) is 0 Å². The monoisotopic (exact) mass is 279 g/mol. The summed E-state index contributed by atoms with van der Waals surface area (Å²) < 4.78 is 2.09. The summed E-state index contributed by atoms with van der Waals surface area (Å²) in [7, 11) is 4.31. The van der Waals surface area contributed by atoms with Gasteiger partial charge in [0.1, 0.15) is 0 Å². The highest BCUT2D eigenvalue weighted by atomic mass is 15.4. The molecule has 114 valence electrons. The van der Waals surface area contributed by atoms with E-state index in [0.29, 0.717) is 0 Å². The van der Waals surface area contributed by atoms with Gasteiger partial charge in [-0.25, -0.2) is 4.68 Å². The Balaban J connectivity index is 2.06. The lowest BCUT2D eigenvalue weighted by molar-refractivity contribution is 0.284. The van der Waals surface area contributed by atoms with Crippen molar-refractivity contribution in [1.29, 1.82) is 0 Å². The predicted octanol–water partition coefficient (Wildman–Crippen LogP) is 1.96. The molecule has 1 aromatic heterocycles. The molecule has 1 fully saturated rings. The van der Waals surface area contributed by atoms with Gasteiger partial charge >= 0.3 is 0 Å². The van der Waals surface area contributed by atoms with Crippen molar-refractivity contribution >= 4 is 11.5 Å². The maximum atomic E-state index is 6.25. The van der Waals surface area contributed by atoms with E-state index in [-0.39, 0.29) is 0 Å². The molecule has 0 atom stereocenters. The topological polar surface area (TPSA) is 50.3 Å². The van der Waals surface area contributed by atoms with Gasteiger partial charge in [-0.3, -0.25) is 0 Å². The zero-order valence-electron chi connectivity index (χ0n) is 13.4. The van der Waals surface area contributed by atoms with Gasteiger partial charge in [-0.1, -0.05) is 6.92 Å². The first-order valence-corrected chi connectivity index (χ1v) is 7.75. The normalized spacial score (nSPS) is 17.1. The molecule has 2 heterocycles. The highest BCUT2D eigenvalue weighted by Gasteiger charge is 2.24. The summed E-state index contributed by atoms with van der Waals surface area (Å²) in [5.41, 5.74) is 8.07. The van der Waals surface area contributed by atoms with Crippen LogP contribution in [0.1, 0.15) is 31.9 Å². The van der Waals surface area contributed by atoms with Crippen LogP contribution in [0.25, 0.3) is 0 Å². The fourth-order valence-corrected chi connectivity index (χ4v) is 3.13. The number of nitrogen functional groups attached to an aromatic ring is 1. The van der Waals surface area contributed by atoms with Crippen LogP contribution in [-0.2, 0) is 6.54 Å². The molecule has 1 aliphatic heterocycles. The minimum Gasteiger partial charge on any atom is -0.394 e. The highest BCUT2D eigenvalue weighted by molar-refractivity contribution is 5.66. The van der Waals surface area contributed by atoms with E-state index >= 15 is 0 Å². The maximum absolute atomic E-state index is 6.25. The number of aromatic nitrogens is 2. The Morgan fingerprint density at radius 3 is 2.50 bits per heavy atom. The van der Waals surface area contributed by atoms with E-state index in [2.05, 4.69) is 40.6 Å². The lowest BCUT2D eigenvalue weighted by Gasteiger charge is -2.35. The number of anilines is 2. The molecule has 0 bridgehead atoms. The number of hydrogen-bond donors (Lipinski definition) is 1. The van der Waals surface area contributed by atoms with Crippen molar-refractivity contribution in [2.45, 2.75) is 39.7 Å². The molecule has 20 heavy (non-hydrogen) atoms. The molecular formula is C15H29N5. The molecule has 0 aromatic carbocycles. The Hall–Kier alpha value is -1.23. The Morgan fingerprint density at radius 1 is 1.30 bits per heavy atom. The molecule has 2 rings (SSSR count). The average Bonchev–Trinajstić information content (AvgIpc) is 2.66. The Kier molecular flexibility index (Phi) is 4.91. The Bertz CT molecular complexity index is 430. The first-order valence-electron chi connectivity index (χ1n) is 7.75. The van der Waals surface area contributed by atoms with Crippen LogP contribution >= 0.6 is 0 Å². The third-order valence-electron chi connectivity index (χ3n) is 4.12. The molecule has 5 heteroatoms. The largest absolute Gasteiger partial charge is 0.394 e. The summed E-state index contributed by atoms with van der Waals surface area (Å²) in [5, 5.41) is 4.58. The number of rotatable bonds is 5. The molecule has 1 saturated heterocycles. The molecule has 1 aliphatic rings.